The minimum atomic E-state index is 0.191. The second kappa shape index (κ2) is 5.12. The number of methoxy groups -OCH3 is 1. The Morgan fingerprint density at radius 2 is 2.10 bits per heavy atom. The minimum Gasteiger partial charge on any atom is -0.497 e. The molecule has 0 fully saturated rings. The maximum atomic E-state index is 11.4. The highest BCUT2D eigenvalue weighted by Gasteiger charge is 2.28. The maximum Gasteiger partial charge on any atom is 0.257 e. The lowest BCUT2D eigenvalue weighted by Crippen LogP contribution is -2.39. The van der Waals surface area contributed by atoms with Gasteiger partial charge in [-0.15, -0.1) is 0 Å². The average molecular weight is 271 g/mol. The Hall–Kier alpha value is -2.10. The molecule has 0 amide bonds. The van der Waals surface area contributed by atoms with E-state index in [1.807, 2.05) is 12.1 Å². The summed E-state index contributed by atoms with van der Waals surface area (Å²) < 4.78 is 9.62. The summed E-state index contributed by atoms with van der Waals surface area (Å²) in [5.41, 5.74) is 2.35. The van der Waals surface area contributed by atoms with Crippen molar-refractivity contribution in [2.45, 2.75) is 32.9 Å². The molecule has 2 aromatic rings. The highest BCUT2D eigenvalue weighted by atomic mass is 16.5. The van der Waals surface area contributed by atoms with E-state index in [0.717, 1.165) is 30.7 Å². The molecule has 0 N–H and O–H groups in total. The van der Waals surface area contributed by atoms with Crippen molar-refractivity contribution in [3.8, 4) is 17.0 Å². The second-order valence-electron chi connectivity index (χ2n) is 5.24. The van der Waals surface area contributed by atoms with Crippen LogP contribution in [0.5, 0.6) is 5.75 Å². The normalized spacial score (nSPS) is 13.3. The van der Waals surface area contributed by atoms with E-state index in [4.69, 9.17) is 4.74 Å². The predicted molar refractivity (Wildman–Crippen MR) is 75.6 cm³/mol. The summed E-state index contributed by atoms with van der Waals surface area (Å²) in [4.78, 5) is 11.4. The summed E-state index contributed by atoms with van der Waals surface area (Å²) in [5.74, 6) is 2.31. The summed E-state index contributed by atoms with van der Waals surface area (Å²) in [6.45, 7) is 3.13. The fourth-order valence-corrected chi connectivity index (χ4v) is 2.88. The fourth-order valence-electron chi connectivity index (χ4n) is 2.88. The Balaban J connectivity index is 2.02. The topological polar surface area (TPSA) is 35.1 Å². The van der Waals surface area contributed by atoms with Crippen molar-refractivity contribution in [2.75, 3.05) is 7.11 Å². The van der Waals surface area contributed by atoms with Gasteiger partial charge in [-0.3, -0.25) is 4.79 Å². The molecular weight excluding hydrogens is 252 g/mol. The predicted octanol–water partition coefficient (Wildman–Crippen LogP) is 1.99. The van der Waals surface area contributed by atoms with Crippen molar-refractivity contribution in [3.05, 3.63) is 36.3 Å². The van der Waals surface area contributed by atoms with Gasteiger partial charge < -0.3 is 4.74 Å². The number of ketones is 1. The van der Waals surface area contributed by atoms with Crippen molar-refractivity contribution in [3.63, 3.8) is 0 Å². The molecule has 20 heavy (non-hydrogen) atoms. The number of nitrogens with zero attached hydrogens (tertiary/aromatic N) is 2. The molecule has 4 nitrogen and oxygen atoms in total. The molecule has 4 heteroatoms. The van der Waals surface area contributed by atoms with Gasteiger partial charge in [0.2, 0.25) is 0 Å². The van der Waals surface area contributed by atoms with Crippen molar-refractivity contribution in [1.29, 1.82) is 0 Å². The summed E-state index contributed by atoms with van der Waals surface area (Å²) >= 11 is 0. The van der Waals surface area contributed by atoms with Crippen molar-refractivity contribution in [1.82, 2.24) is 4.57 Å². The van der Waals surface area contributed by atoms with Gasteiger partial charge in [-0.1, -0.05) is 0 Å². The van der Waals surface area contributed by atoms with Gasteiger partial charge in [-0.25, -0.2) is 9.13 Å². The molecule has 0 radical (unpaired) electrons. The number of hydrogen-bond donors (Lipinski definition) is 0. The van der Waals surface area contributed by atoms with E-state index in [-0.39, 0.29) is 5.78 Å². The van der Waals surface area contributed by atoms with E-state index < -0.39 is 0 Å². The first kappa shape index (κ1) is 12.9. The van der Waals surface area contributed by atoms with Crippen LogP contribution >= 0.6 is 0 Å². The number of imidazole rings is 1. The molecule has 1 aliphatic heterocycles. The minimum absolute atomic E-state index is 0.191. The molecular formula is C16H19N2O2+. The van der Waals surface area contributed by atoms with Gasteiger partial charge in [0.05, 0.1) is 20.1 Å². The van der Waals surface area contributed by atoms with Crippen LogP contribution in [0.15, 0.2) is 30.5 Å². The molecule has 0 saturated heterocycles. The van der Waals surface area contributed by atoms with Crippen LogP contribution in [-0.2, 0) is 24.3 Å². The number of aromatic nitrogens is 2. The molecule has 1 aliphatic rings. The smallest absolute Gasteiger partial charge is 0.257 e. The Kier molecular flexibility index (Phi) is 3.30. The summed E-state index contributed by atoms with van der Waals surface area (Å²) in [7, 11) is 1.67. The lowest BCUT2D eigenvalue weighted by molar-refractivity contribution is -0.690. The summed E-state index contributed by atoms with van der Waals surface area (Å²) in [6, 6.07) is 8.08. The standard InChI is InChI=1S/C16H19N2O2/c1-12(19)10-17-11-15(18-9-3-4-16(17)18)13-5-7-14(20-2)8-6-13/h5-8,11H,3-4,9-10H2,1-2H3/q+1. The Morgan fingerprint density at radius 3 is 2.75 bits per heavy atom. The van der Waals surface area contributed by atoms with Crippen LogP contribution in [0.4, 0.5) is 0 Å². The van der Waals surface area contributed by atoms with Gasteiger partial charge in [-0.2, -0.15) is 0 Å². The van der Waals surface area contributed by atoms with Crippen LogP contribution in [0.1, 0.15) is 19.2 Å². The van der Waals surface area contributed by atoms with E-state index in [1.54, 1.807) is 14.0 Å². The molecule has 0 aliphatic carbocycles. The van der Waals surface area contributed by atoms with Crippen LogP contribution in [0.3, 0.4) is 0 Å². The number of rotatable bonds is 4. The first-order chi connectivity index (χ1) is 9.69. The van der Waals surface area contributed by atoms with Gasteiger partial charge in [0, 0.05) is 5.56 Å². The molecule has 0 unspecified atom stereocenters. The molecule has 1 aromatic heterocycles. The molecule has 0 atom stereocenters. The second-order valence-corrected chi connectivity index (χ2v) is 5.24. The van der Waals surface area contributed by atoms with Gasteiger partial charge in [0.25, 0.3) is 5.82 Å². The van der Waals surface area contributed by atoms with E-state index in [1.165, 1.54) is 11.5 Å². The van der Waals surface area contributed by atoms with Crippen LogP contribution in [-0.4, -0.2) is 17.5 Å². The van der Waals surface area contributed by atoms with Crippen molar-refractivity contribution in [2.24, 2.45) is 0 Å². The number of ether oxygens (including phenoxy) is 1. The van der Waals surface area contributed by atoms with Crippen molar-refractivity contribution >= 4 is 5.78 Å². The van der Waals surface area contributed by atoms with E-state index in [9.17, 15) is 4.79 Å². The van der Waals surface area contributed by atoms with Crippen LogP contribution < -0.4 is 9.30 Å². The van der Waals surface area contributed by atoms with Gasteiger partial charge in [0.1, 0.15) is 18.5 Å². The Bertz CT molecular complexity index is 641. The number of Topliss-reactive ketones (excluding diaryl/α,β-unsaturated/α-hetero) is 1. The summed E-state index contributed by atoms with van der Waals surface area (Å²) in [6.07, 6.45) is 4.29. The molecule has 0 spiro atoms. The SMILES string of the molecule is COc1ccc(-c2c[n+](CC(C)=O)c3n2CCC3)cc1. The largest absolute Gasteiger partial charge is 0.497 e. The lowest BCUT2D eigenvalue weighted by atomic mass is 10.1. The average Bonchev–Trinajstić information content (AvgIpc) is 3.02. The third-order valence-corrected chi connectivity index (χ3v) is 3.77. The Labute approximate surface area is 118 Å². The molecule has 3 rings (SSSR count). The number of carbonyl (C=O) groups is 1. The zero-order valence-corrected chi connectivity index (χ0v) is 11.9. The van der Waals surface area contributed by atoms with E-state index >= 15 is 0 Å². The van der Waals surface area contributed by atoms with Gasteiger partial charge >= 0.3 is 0 Å². The lowest BCUT2D eigenvalue weighted by Gasteiger charge is -2.01. The van der Waals surface area contributed by atoms with Crippen LogP contribution in [0.2, 0.25) is 0 Å². The quantitative estimate of drug-likeness (QED) is 0.797. The molecule has 0 bridgehead atoms. The Morgan fingerprint density at radius 1 is 1.35 bits per heavy atom. The number of benzene rings is 1. The van der Waals surface area contributed by atoms with Crippen LogP contribution in [0, 0.1) is 0 Å². The third kappa shape index (κ3) is 2.22. The third-order valence-electron chi connectivity index (χ3n) is 3.77. The van der Waals surface area contributed by atoms with Gasteiger partial charge in [0.15, 0.2) is 11.5 Å². The monoisotopic (exact) mass is 271 g/mol. The molecule has 1 aromatic carbocycles. The highest BCUT2D eigenvalue weighted by Crippen LogP contribution is 2.26. The number of carbonyl (C=O) groups excluding carboxylic acids is 1. The number of fused-ring (bicyclic) bond motifs is 1. The first-order valence-electron chi connectivity index (χ1n) is 6.95. The number of hydrogen-bond acceptors (Lipinski definition) is 2. The van der Waals surface area contributed by atoms with E-state index in [0.29, 0.717) is 6.54 Å². The molecule has 104 valence electrons. The molecule has 0 saturated carbocycles. The maximum absolute atomic E-state index is 11.4. The van der Waals surface area contributed by atoms with Crippen molar-refractivity contribution < 1.29 is 14.1 Å². The summed E-state index contributed by atoms with van der Waals surface area (Å²) in [5, 5.41) is 0. The highest BCUT2D eigenvalue weighted by molar-refractivity contribution is 5.74. The first-order valence-corrected chi connectivity index (χ1v) is 6.95. The zero-order chi connectivity index (χ0) is 14.1. The molecule has 2 heterocycles. The van der Waals surface area contributed by atoms with Gasteiger partial charge in [-0.05, 0) is 37.6 Å². The fraction of sp³-hybridized carbons (Fsp3) is 0.375. The van der Waals surface area contributed by atoms with Crippen LogP contribution in [0.25, 0.3) is 11.3 Å². The zero-order valence-electron chi connectivity index (χ0n) is 11.9. The van der Waals surface area contributed by atoms with E-state index in [2.05, 4.69) is 27.5 Å².